The van der Waals surface area contributed by atoms with E-state index in [4.69, 9.17) is 11.6 Å². The molecule has 0 bridgehead atoms. The SMILES string of the molecule is O=[N+]([O-])CC(Cc1ccccc1)c1ccc(Cl)cc1. The second kappa shape index (κ2) is 6.34. The van der Waals surface area contributed by atoms with Crippen molar-refractivity contribution in [1.82, 2.24) is 0 Å². The van der Waals surface area contributed by atoms with Crippen LogP contribution in [0.15, 0.2) is 54.6 Å². The Bertz CT molecular complexity index is 540. The molecule has 1 unspecified atom stereocenters. The smallest absolute Gasteiger partial charge is 0.210 e. The molecule has 0 heterocycles. The lowest BCUT2D eigenvalue weighted by Crippen LogP contribution is -2.15. The largest absolute Gasteiger partial charge is 0.265 e. The molecule has 0 aliphatic rings. The molecule has 0 saturated heterocycles. The van der Waals surface area contributed by atoms with Crippen molar-refractivity contribution < 1.29 is 4.92 Å². The lowest BCUT2D eigenvalue weighted by atomic mass is 9.92. The average Bonchev–Trinajstić information content (AvgIpc) is 2.39. The lowest BCUT2D eigenvalue weighted by Gasteiger charge is -2.13. The van der Waals surface area contributed by atoms with Crippen LogP contribution in [0.1, 0.15) is 17.0 Å². The third-order valence-corrected chi connectivity index (χ3v) is 3.29. The number of benzene rings is 2. The summed E-state index contributed by atoms with van der Waals surface area (Å²) in [5, 5.41) is 11.5. The van der Waals surface area contributed by atoms with Gasteiger partial charge < -0.3 is 0 Å². The molecule has 0 saturated carbocycles. The van der Waals surface area contributed by atoms with Crippen LogP contribution >= 0.6 is 11.6 Å². The van der Waals surface area contributed by atoms with Crippen molar-refractivity contribution in [3.63, 3.8) is 0 Å². The van der Waals surface area contributed by atoms with Crippen molar-refractivity contribution in [2.45, 2.75) is 12.3 Å². The molecule has 0 amide bonds. The molecule has 2 aromatic rings. The van der Waals surface area contributed by atoms with Crippen LogP contribution in [0.5, 0.6) is 0 Å². The van der Waals surface area contributed by atoms with Crippen molar-refractivity contribution in [2.75, 3.05) is 6.54 Å². The Hall–Kier alpha value is -1.87. The molecule has 0 aromatic heterocycles. The van der Waals surface area contributed by atoms with E-state index in [0.29, 0.717) is 11.4 Å². The van der Waals surface area contributed by atoms with Gasteiger partial charge in [-0.05, 0) is 29.7 Å². The van der Waals surface area contributed by atoms with Gasteiger partial charge in [-0.15, -0.1) is 0 Å². The first kappa shape index (κ1) is 13.6. The summed E-state index contributed by atoms with van der Waals surface area (Å²) in [6.07, 6.45) is 0.656. The second-order valence-electron chi connectivity index (χ2n) is 4.45. The molecule has 0 radical (unpaired) electrons. The summed E-state index contributed by atoms with van der Waals surface area (Å²) in [5.41, 5.74) is 2.05. The maximum Gasteiger partial charge on any atom is 0.210 e. The third kappa shape index (κ3) is 4.07. The predicted molar refractivity (Wildman–Crippen MR) is 76.2 cm³/mol. The van der Waals surface area contributed by atoms with E-state index in [0.717, 1.165) is 11.1 Å². The van der Waals surface area contributed by atoms with E-state index in [2.05, 4.69) is 0 Å². The summed E-state index contributed by atoms with van der Waals surface area (Å²) in [5.74, 6) is -0.130. The van der Waals surface area contributed by atoms with Crippen molar-refractivity contribution >= 4 is 11.6 Å². The van der Waals surface area contributed by atoms with Gasteiger partial charge in [0.2, 0.25) is 6.54 Å². The molecular formula is C15H14ClNO2. The molecule has 4 heteroatoms. The van der Waals surface area contributed by atoms with Gasteiger partial charge in [0.15, 0.2) is 0 Å². The molecule has 19 heavy (non-hydrogen) atoms. The number of hydrogen-bond acceptors (Lipinski definition) is 2. The fourth-order valence-corrected chi connectivity index (χ4v) is 2.23. The van der Waals surface area contributed by atoms with Crippen molar-refractivity contribution in [3.8, 4) is 0 Å². The maximum absolute atomic E-state index is 10.8. The van der Waals surface area contributed by atoms with Crippen LogP contribution in [-0.2, 0) is 6.42 Å². The molecule has 1 atom stereocenters. The van der Waals surface area contributed by atoms with Gasteiger partial charge in [0.05, 0.1) is 5.92 Å². The van der Waals surface area contributed by atoms with Crippen molar-refractivity contribution in [2.24, 2.45) is 0 Å². The highest BCUT2D eigenvalue weighted by Crippen LogP contribution is 2.23. The van der Waals surface area contributed by atoms with Crippen molar-refractivity contribution in [3.05, 3.63) is 80.9 Å². The van der Waals surface area contributed by atoms with Gasteiger partial charge in [-0.25, -0.2) is 0 Å². The maximum atomic E-state index is 10.8. The Morgan fingerprint density at radius 2 is 1.68 bits per heavy atom. The molecule has 98 valence electrons. The summed E-state index contributed by atoms with van der Waals surface area (Å²) in [7, 11) is 0. The number of hydrogen-bond donors (Lipinski definition) is 0. The van der Waals surface area contributed by atoms with E-state index < -0.39 is 0 Å². The standard InChI is InChI=1S/C15H14ClNO2/c16-15-8-6-13(7-9-15)14(11-17(18)19)10-12-4-2-1-3-5-12/h1-9,14H,10-11H2. The monoisotopic (exact) mass is 275 g/mol. The summed E-state index contributed by atoms with van der Waals surface area (Å²) >= 11 is 5.85. The number of halogens is 1. The number of nitro groups is 1. The van der Waals surface area contributed by atoms with Crippen LogP contribution in [0.3, 0.4) is 0 Å². The van der Waals surface area contributed by atoms with E-state index in [1.165, 1.54) is 0 Å². The van der Waals surface area contributed by atoms with Gasteiger partial charge in [-0.1, -0.05) is 54.1 Å². The molecule has 3 nitrogen and oxygen atoms in total. The van der Waals surface area contributed by atoms with Gasteiger partial charge in [0.25, 0.3) is 0 Å². The lowest BCUT2D eigenvalue weighted by molar-refractivity contribution is -0.483. The minimum absolute atomic E-state index is 0.0729. The van der Waals surface area contributed by atoms with E-state index in [9.17, 15) is 10.1 Å². The third-order valence-electron chi connectivity index (χ3n) is 3.04. The van der Waals surface area contributed by atoms with Crippen LogP contribution in [0.4, 0.5) is 0 Å². The van der Waals surface area contributed by atoms with Crippen LogP contribution < -0.4 is 0 Å². The molecule has 0 aliphatic heterocycles. The van der Waals surface area contributed by atoms with Crippen molar-refractivity contribution in [1.29, 1.82) is 0 Å². The second-order valence-corrected chi connectivity index (χ2v) is 4.89. The van der Waals surface area contributed by atoms with E-state index in [1.54, 1.807) is 12.1 Å². The van der Waals surface area contributed by atoms with Gasteiger partial charge in [-0.3, -0.25) is 10.1 Å². The van der Waals surface area contributed by atoms with Crippen LogP contribution in [0.25, 0.3) is 0 Å². The highest BCUT2D eigenvalue weighted by Gasteiger charge is 2.18. The topological polar surface area (TPSA) is 43.1 Å². The molecule has 0 fully saturated rings. The van der Waals surface area contributed by atoms with Gasteiger partial charge in [-0.2, -0.15) is 0 Å². The summed E-state index contributed by atoms with van der Waals surface area (Å²) in [6, 6.07) is 17.1. The first-order valence-corrected chi connectivity index (χ1v) is 6.44. The van der Waals surface area contributed by atoms with Crippen LogP contribution in [-0.4, -0.2) is 11.5 Å². The zero-order valence-electron chi connectivity index (χ0n) is 10.3. The Labute approximate surface area is 117 Å². The Morgan fingerprint density at radius 1 is 1.05 bits per heavy atom. The fraction of sp³-hybridized carbons (Fsp3) is 0.200. The highest BCUT2D eigenvalue weighted by molar-refractivity contribution is 6.30. The van der Waals surface area contributed by atoms with E-state index in [-0.39, 0.29) is 17.4 Å². The minimum Gasteiger partial charge on any atom is -0.265 e. The Balaban J connectivity index is 2.20. The first-order chi connectivity index (χ1) is 9.15. The normalized spacial score (nSPS) is 12.1. The quantitative estimate of drug-likeness (QED) is 0.613. The number of rotatable bonds is 5. The van der Waals surface area contributed by atoms with Crippen LogP contribution in [0.2, 0.25) is 5.02 Å². The van der Waals surface area contributed by atoms with Gasteiger partial charge in [0, 0.05) is 9.95 Å². The molecule has 0 N–H and O–H groups in total. The molecule has 2 aromatic carbocycles. The van der Waals surface area contributed by atoms with Gasteiger partial charge >= 0.3 is 0 Å². The zero-order valence-corrected chi connectivity index (χ0v) is 11.1. The van der Waals surface area contributed by atoms with Crippen LogP contribution in [0, 0.1) is 10.1 Å². The fourth-order valence-electron chi connectivity index (χ4n) is 2.10. The average molecular weight is 276 g/mol. The van der Waals surface area contributed by atoms with E-state index in [1.807, 2.05) is 42.5 Å². The molecule has 0 aliphatic carbocycles. The molecular weight excluding hydrogens is 262 g/mol. The molecule has 0 spiro atoms. The number of nitrogens with zero attached hydrogens (tertiary/aromatic N) is 1. The summed E-state index contributed by atoms with van der Waals surface area (Å²) < 4.78 is 0. The first-order valence-electron chi connectivity index (χ1n) is 6.06. The Kier molecular flexibility index (Phi) is 4.53. The molecule has 2 rings (SSSR count). The zero-order chi connectivity index (χ0) is 13.7. The van der Waals surface area contributed by atoms with E-state index >= 15 is 0 Å². The summed E-state index contributed by atoms with van der Waals surface area (Å²) in [6.45, 7) is -0.0729. The Morgan fingerprint density at radius 3 is 2.26 bits per heavy atom. The van der Waals surface area contributed by atoms with Gasteiger partial charge in [0.1, 0.15) is 0 Å². The minimum atomic E-state index is -0.262. The predicted octanol–water partition coefficient (Wildman–Crippen LogP) is 3.94. The summed E-state index contributed by atoms with van der Waals surface area (Å²) in [4.78, 5) is 10.6. The highest BCUT2D eigenvalue weighted by atomic mass is 35.5.